The van der Waals surface area contributed by atoms with E-state index < -0.39 is 11.8 Å². The lowest BCUT2D eigenvalue weighted by Gasteiger charge is -2.33. The molecule has 1 aliphatic heterocycles. The monoisotopic (exact) mass is 376 g/mol. The maximum Gasteiger partial charge on any atom is 0.311 e. The third-order valence-corrected chi connectivity index (χ3v) is 4.86. The van der Waals surface area contributed by atoms with Crippen LogP contribution in [-0.4, -0.2) is 66.3 Å². The van der Waals surface area contributed by atoms with Crippen molar-refractivity contribution in [3.63, 3.8) is 0 Å². The van der Waals surface area contributed by atoms with Gasteiger partial charge in [0.15, 0.2) is 0 Å². The zero-order chi connectivity index (χ0) is 19.4. The summed E-state index contributed by atoms with van der Waals surface area (Å²) < 4.78 is 13.5. The summed E-state index contributed by atoms with van der Waals surface area (Å²) in [5.74, 6) is -1.46. The molecular formula is C19H25FN4O3. The number of benzene rings is 1. The van der Waals surface area contributed by atoms with E-state index >= 15 is 0 Å². The first-order chi connectivity index (χ1) is 12.9. The Hall–Kier alpha value is -2.48. The van der Waals surface area contributed by atoms with Gasteiger partial charge < -0.3 is 15.5 Å². The average Bonchev–Trinajstić information content (AvgIpc) is 3.46. The maximum absolute atomic E-state index is 13.5. The van der Waals surface area contributed by atoms with Crippen molar-refractivity contribution in [1.29, 1.82) is 0 Å². The molecule has 2 aliphatic rings. The van der Waals surface area contributed by atoms with Gasteiger partial charge in [0.2, 0.25) is 5.91 Å². The molecule has 1 heterocycles. The molecule has 1 aromatic rings. The smallest absolute Gasteiger partial charge is 0.311 e. The zero-order valence-corrected chi connectivity index (χ0v) is 15.5. The van der Waals surface area contributed by atoms with E-state index in [0.29, 0.717) is 37.3 Å². The molecule has 0 spiro atoms. The zero-order valence-electron chi connectivity index (χ0n) is 15.5. The van der Waals surface area contributed by atoms with Gasteiger partial charge in [-0.2, -0.15) is 0 Å². The molecule has 0 atom stereocenters. The number of hydrogen-bond donors (Lipinski definition) is 2. The molecule has 7 nitrogen and oxygen atoms in total. The van der Waals surface area contributed by atoms with Gasteiger partial charge in [-0.1, -0.05) is 12.1 Å². The summed E-state index contributed by atoms with van der Waals surface area (Å²) in [4.78, 5) is 39.5. The second kappa shape index (κ2) is 8.47. The predicted octanol–water partition coefficient (Wildman–Crippen LogP) is 0.173. The van der Waals surface area contributed by atoms with Crippen LogP contribution < -0.4 is 10.6 Å². The quantitative estimate of drug-likeness (QED) is 0.718. The number of rotatable bonds is 5. The van der Waals surface area contributed by atoms with Gasteiger partial charge in [0, 0.05) is 38.8 Å². The van der Waals surface area contributed by atoms with E-state index in [9.17, 15) is 18.8 Å². The molecule has 1 aliphatic carbocycles. The number of carbonyl (C=O) groups excluding carboxylic acids is 3. The minimum absolute atomic E-state index is 0.151. The SMILES string of the molecule is Cc1ccc(CNC(=O)CN2CCN(C(=O)C(=O)NC3CC3)CC2)cc1F. The lowest BCUT2D eigenvalue weighted by Crippen LogP contribution is -2.54. The predicted molar refractivity (Wildman–Crippen MR) is 97.2 cm³/mol. The molecule has 27 heavy (non-hydrogen) atoms. The molecule has 8 heteroatoms. The number of nitrogens with zero attached hydrogens (tertiary/aromatic N) is 2. The number of amides is 3. The summed E-state index contributed by atoms with van der Waals surface area (Å²) in [6.45, 7) is 4.10. The third-order valence-electron chi connectivity index (χ3n) is 4.86. The molecule has 146 valence electrons. The standard InChI is InChI=1S/C19H25FN4O3/c1-13-2-3-14(10-16(13)20)11-21-17(25)12-23-6-8-24(9-7-23)19(27)18(26)22-15-4-5-15/h2-3,10,15H,4-9,11-12H2,1H3,(H,21,25)(H,22,26). The highest BCUT2D eigenvalue weighted by Crippen LogP contribution is 2.18. The largest absolute Gasteiger partial charge is 0.351 e. The highest BCUT2D eigenvalue weighted by molar-refractivity contribution is 6.35. The minimum Gasteiger partial charge on any atom is -0.351 e. The summed E-state index contributed by atoms with van der Waals surface area (Å²) in [5.41, 5.74) is 1.28. The van der Waals surface area contributed by atoms with Gasteiger partial charge in [-0.05, 0) is 37.0 Å². The number of aryl methyl sites for hydroxylation is 1. The van der Waals surface area contributed by atoms with Crippen molar-refractivity contribution in [2.75, 3.05) is 32.7 Å². The summed E-state index contributed by atoms with van der Waals surface area (Å²) in [5, 5.41) is 5.48. The summed E-state index contributed by atoms with van der Waals surface area (Å²) >= 11 is 0. The van der Waals surface area contributed by atoms with E-state index in [2.05, 4.69) is 10.6 Å². The Labute approximate surface area is 157 Å². The molecule has 2 fully saturated rings. The fourth-order valence-electron chi connectivity index (χ4n) is 2.93. The van der Waals surface area contributed by atoms with E-state index in [-0.39, 0.29) is 30.9 Å². The Morgan fingerprint density at radius 2 is 1.85 bits per heavy atom. The molecule has 0 bridgehead atoms. The molecule has 3 rings (SSSR count). The third kappa shape index (κ3) is 5.50. The number of hydrogen-bond acceptors (Lipinski definition) is 4. The van der Waals surface area contributed by atoms with Crippen molar-refractivity contribution < 1.29 is 18.8 Å². The highest BCUT2D eigenvalue weighted by Gasteiger charge is 2.30. The normalized spacial score (nSPS) is 17.5. The Kier molecular flexibility index (Phi) is 6.05. The van der Waals surface area contributed by atoms with Crippen LogP contribution in [0.1, 0.15) is 24.0 Å². The van der Waals surface area contributed by atoms with Crippen molar-refractivity contribution >= 4 is 17.7 Å². The van der Waals surface area contributed by atoms with Crippen LogP contribution in [0.4, 0.5) is 4.39 Å². The Bertz CT molecular complexity index is 728. The van der Waals surface area contributed by atoms with Crippen molar-refractivity contribution in [3.8, 4) is 0 Å². The van der Waals surface area contributed by atoms with Crippen LogP contribution in [0.2, 0.25) is 0 Å². The lowest BCUT2D eigenvalue weighted by atomic mass is 10.1. The van der Waals surface area contributed by atoms with Gasteiger partial charge in [0.25, 0.3) is 0 Å². The van der Waals surface area contributed by atoms with E-state index in [1.807, 2.05) is 4.90 Å². The van der Waals surface area contributed by atoms with Gasteiger partial charge in [-0.25, -0.2) is 4.39 Å². The topological polar surface area (TPSA) is 81.8 Å². The van der Waals surface area contributed by atoms with Gasteiger partial charge in [-0.15, -0.1) is 0 Å². The van der Waals surface area contributed by atoms with Crippen LogP contribution in [0.15, 0.2) is 18.2 Å². The Morgan fingerprint density at radius 1 is 1.15 bits per heavy atom. The van der Waals surface area contributed by atoms with Crippen molar-refractivity contribution in [3.05, 3.63) is 35.1 Å². The second-order valence-corrected chi connectivity index (χ2v) is 7.18. The van der Waals surface area contributed by atoms with Crippen LogP contribution in [0.3, 0.4) is 0 Å². The number of carbonyl (C=O) groups is 3. The minimum atomic E-state index is -0.533. The van der Waals surface area contributed by atoms with Crippen molar-refractivity contribution in [2.45, 2.75) is 32.4 Å². The number of nitrogens with one attached hydrogen (secondary N) is 2. The fraction of sp³-hybridized carbons (Fsp3) is 0.526. The van der Waals surface area contributed by atoms with E-state index in [1.54, 1.807) is 19.1 Å². The first kappa shape index (κ1) is 19.3. The lowest BCUT2D eigenvalue weighted by molar-refractivity contribution is -0.147. The maximum atomic E-state index is 13.5. The summed E-state index contributed by atoms with van der Waals surface area (Å²) in [6, 6.07) is 5.06. The van der Waals surface area contributed by atoms with Crippen LogP contribution in [0.25, 0.3) is 0 Å². The van der Waals surface area contributed by atoms with Crippen molar-refractivity contribution in [2.24, 2.45) is 0 Å². The van der Waals surface area contributed by atoms with Crippen LogP contribution >= 0.6 is 0 Å². The molecule has 0 radical (unpaired) electrons. The van der Waals surface area contributed by atoms with Crippen LogP contribution in [0.5, 0.6) is 0 Å². The molecule has 1 saturated carbocycles. The molecule has 0 aromatic heterocycles. The van der Waals surface area contributed by atoms with Crippen LogP contribution in [-0.2, 0) is 20.9 Å². The number of halogens is 1. The van der Waals surface area contributed by atoms with Crippen LogP contribution in [0, 0.1) is 12.7 Å². The van der Waals surface area contributed by atoms with E-state index in [0.717, 1.165) is 12.8 Å². The number of piperazine rings is 1. The van der Waals surface area contributed by atoms with Gasteiger partial charge >= 0.3 is 11.8 Å². The molecule has 3 amide bonds. The van der Waals surface area contributed by atoms with E-state index in [4.69, 9.17) is 0 Å². The Morgan fingerprint density at radius 3 is 2.48 bits per heavy atom. The fourth-order valence-corrected chi connectivity index (χ4v) is 2.93. The van der Waals surface area contributed by atoms with Crippen molar-refractivity contribution in [1.82, 2.24) is 20.4 Å². The van der Waals surface area contributed by atoms with Gasteiger partial charge in [0.1, 0.15) is 5.82 Å². The van der Waals surface area contributed by atoms with Gasteiger partial charge in [0.05, 0.1) is 6.54 Å². The first-order valence-corrected chi connectivity index (χ1v) is 9.26. The van der Waals surface area contributed by atoms with E-state index in [1.165, 1.54) is 11.0 Å². The molecule has 1 saturated heterocycles. The average molecular weight is 376 g/mol. The summed E-state index contributed by atoms with van der Waals surface area (Å²) in [6.07, 6.45) is 1.88. The highest BCUT2D eigenvalue weighted by atomic mass is 19.1. The van der Waals surface area contributed by atoms with Gasteiger partial charge in [-0.3, -0.25) is 19.3 Å². The second-order valence-electron chi connectivity index (χ2n) is 7.18. The molecular weight excluding hydrogens is 351 g/mol. The first-order valence-electron chi connectivity index (χ1n) is 9.26. The molecule has 2 N–H and O–H groups in total. The summed E-state index contributed by atoms with van der Waals surface area (Å²) in [7, 11) is 0. The Balaban J connectivity index is 1.37. The molecule has 0 unspecified atom stereocenters. The molecule has 1 aromatic carbocycles.